The van der Waals surface area contributed by atoms with Gasteiger partial charge in [0.1, 0.15) is 18.5 Å². The van der Waals surface area contributed by atoms with E-state index in [1.165, 1.54) is 24.6 Å². The predicted molar refractivity (Wildman–Crippen MR) is 89.3 cm³/mol. The minimum atomic E-state index is -0.471. The molecule has 1 aliphatic heterocycles. The summed E-state index contributed by atoms with van der Waals surface area (Å²) in [5.74, 6) is 3.34. The molecule has 2 rings (SSSR count). The van der Waals surface area contributed by atoms with Gasteiger partial charge in [-0.15, -0.1) is 0 Å². The number of benzene rings is 1. The Bertz CT molecular complexity index is 411. The molecule has 1 unspecified atom stereocenters. The third-order valence-electron chi connectivity index (χ3n) is 3.61. The molecule has 1 aromatic carbocycles. The van der Waals surface area contributed by atoms with Gasteiger partial charge < -0.3 is 20.1 Å². The predicted octanol–water partition coefficient (Wildman–Crippen LogP) is 1.37. The average molecular weight is 310 g/mol. The lowest BCUT2D eigenvalue weighted by atomic mass is 10.2. The Kier molecular flexibility index (Phi) is 7.36. The van der Waals surface area contributed by atoms with Crippen LogP contribution in [-0.2, 0) is 0 Å². The van der Waals surface area contributed by atoms with E-state index < -0.39 is 6.10 Å². The lowest BCUT2D eigenvalue weighted by molar-refractivity contribution is 0.105. The van der Waals surface area contributed by atoms with E-state index in [1.807, 2.05) is 43.0 Å². The molecule has 5 heteroatoms. The summed E-state index contributed by atoms with van der Waals surface area (Å²) < 4.78 is 5.64. The number of aryl methyl sites for hydroxylation is 1. The lowest BCUT2D eigenvalue weighted by Crippen LogP contribution is -2.40. The number of nitrogens with zero attached hydrogens (tertiary/aromatic N) is 1. The third-order valence-corrected chi connectivity index (χ3v) is 4.56. The highest BCUT2D eigenvalue weighted by Gasteiger charge is 2.10. The number of para-hydroxylation sites is 1. The van der Waals surface area contributed by atoms with E-state index in [0.29, 0.717) is 13.2 Å². The molecule has 1 fully saturated rings. The van der Waals surface area contributed by atoms with Crippen molar-refractivity contribution in [2.45, 2.75) is 13.0 Å². The van der Waals surface area contributed by atoms with Crippen molar-refractivity contribution in [2.75, 3.05) is 50.8 Å². The highest BCUT2D eigenvalue weighted by Crippen LogP contribution is 2.16. The van der Waals surface area contributed by atoms with Gasteiger partial charge in [0.25, 0.3) is 0 Å². The molecule has 1 saturated heterocycles. The monoisotopic (exact) mass is 310 g/mol. The van der Waals surface area contributed by atoms with Crippen LogP contribution in [0.15, 0.2) is 24.3 Å². The second kappa shape index (κ2) is 9.30. The van der Waals surface area contributed by atoms with Crippen molar-refractivity contribution in [1.29, 1.82) is 0 Å². The fraction of sp³-hybridized carbons (Fsp3) is 0.625. The lowest BCUT2D eigenvalue weighted by Gasteiger charge is -2.26. The van der Waals surface area contributed by atoms with Crippen molar-refractivity contribution in [3.63, 3.8) is 0 Å². The van der Waals surface area contributed by atoms with E-state index in [-0.39, 0.29) is 0 Å². The number of thioether (sulfide) groups is 1. The summed E-state index contributed by atoms with van der Waals surface area (Å²) in [6.45, 7) is 7.28. The van der Waals surface area contributed by atoms with Gasteiger partial charge in [0.15, 0.2) is 0 Å². The van der Waals surface area contributed by atoms with Crippen molar-refractivity contribution < 1.29 is 9.84 Å². The molecular weight excluding hydrogens is 284 g/mol. The second-order valence-corrected chi connectivity index (χ2v) is 6.61. The van der Waals surface area contributed by atoms with E-state index >= 15 is 0 Å². The molecule has 1 aromatic rings. The van der Waals surface area contributed by atoms with Gasteiger partial charge in [0.05, 0.1) is 0 Å². The Balaban J connectivity index is 1.55. The molecule has 1 heterocycles. The van der Waals surface area contributed by atoms with Crippen LogP contribution >= 0.6 is 11.8 Å². The van der Waals surface area contributed by atoms with Gasteiger partial charge in [0.2, 0.25) is 0 Å². The first-order valence-electron chi connectivity index (χ1n) is 7.63. The maximum absolute atomic E-state index is 9.93. The van der Waals surface area contributed by atoms with Crippen LogP contribution in [0.1, 0.15) is 5.56 Å². The zero-order valence-electron chi connectivity index (χ0n) is 12.8. The molecule has 21 heavy (non-hydrogen) atoms. The normalized spacial score (nSPS) is 17.6. The zero-order chi connectivity index (χ0) is 14.9. The van der Waals surface area contributed by atoms with Crippen molar-refractivity contribution in [3.05, 3.63) is 29.8 Å². The summed E-state index contributed by atoms with van der Waals surface area (Å²) in [5, 5.41) is 13.2. The molecule has 2 N–H and O–H groups in total. The first-order valence-corrected chi connectivity index (χ1v) is 8.78. The average Bonchev–Trinajstić information content (AvgIpc) is 2.52. The Hall–Kier alpha value is -0.750. The zero-order valence-corrected chi connectivity index (χ0v) is 13.6. The molecule has 0 bridgehead atoms. The van der Waals surface area contributed by atoms with Crippen molar-refractivity contribution in [3.8, 4) is 5.75 Å². The number of aliphatic hydroxyl groups is 1. The molecule has 1 aliphatic rings. The molecular formula is C16H26N2O2S. The fourth-order valence-electron chi connectivity index (χ4n) is 2.29. The van der Waals surface area contributed by atoms with E-state index in [4.69, 9.17) is 4.74 Å². The Morgan fingerprint density at radius 1 is 1.33 bits per heavy atom. The number of nitrogens with one attached hydrogen (secondary N) is 1. The van der Waals surface area contributed by atoms with Crippen molar-refractivity contribution in [1.82, 2.24) is 10.2 Å². The van der Waals surface area contributed by atoms with Gasteiger partial charge in [-0.2, -0.15) is 11.8 Å². The summed E-state index contributed by atoms with van der Waals surface area (Å²) in [5.41, 5.74) is 1.10. The number of ether oxygens (including phenoxy) is 1. The quantitative estimate of drug-likeness (QED) is 0.710. The van der Waals surface area contributed by atoms with Gasteiger partial charge in [-0.05, 0) is 18.6 Å². The molecule has 0 spiro atoms. The molecule has 0 amide bonds. The molecule has 118 valence electrons. The minimum absolute atomic E-state index is 0.332. The van der Waals surface area contributed by atoms with Crippen molar-refractivity contribution >= 4 is 11.8 Å². The summed E-state index contributed by atoms with van der Waals surface area (Å²) in [6.07, 6.45) is -0.471. The summed E-state index contributed by atoms with van der Waals surface area (Å²) in [6, 6.07) is 7.88. The largest absolute Gasteiger partial charge is 0.491 e. The Morgan fingerprint density at radius 3 is 2.86 bits per heavy atom. The summed E-state index contributed by atoms with van der Waals surface area (Å²) in [7, 11) is 0. The highest BCUT2D eigenvalue weighted by molar-refractivity contribution is 7.99. The van der Waals surface area contributed by atoms with Crippen molar-refractivity contribution in [2.24, 2.45) is 0 Å². The minimum Gasteiger partial charge on any atom is -0.491 e. The SMILES string of the molecule is Cc1ccccc1OCC(O)CNCCN1CCSCC1. The first-order chi connectivity index (χ1) is 10.3. The standard InChI is InChI=1S/C16H26N2O2S/c1-14-4-2-3-5-16(14)20-13-15(19)12-17-6-7-18-8-10-21-11-9-18/h2-5,15,17,19H,6-13H2,1H3. The topological polar surface area (TPSA) is 44.7 Å². The number of hydrogen-bond donors (Lipinski definition) is 2. The first kappa shape index (κ1) is 16.6. The smallest absolute Gasteiger partial charge is 0.122 e. The number of aliphatic hydroxyl groups excluding tert-OH is 1. The van der Waals surface area contributed by atoms with Gasteiger partial charge in [0, 0.05) is 44.2 Å². The molecule has 0 radical (unpaired) electrons. The molecule has 4 nitrogen and oxygen atoms in total. The van der Waals surface area contributed by atoms with Crippen LogP contribution in [0.5, 0.6) is 5.75 Å². The van der Waals surface area contributed by atoms with Crippen LogP contribution < -0.4 is 10.1 Å². The molecule has 0 aliphatic carbocycles. The van der Waals surface area contributed by atoms with Gasteiger partial charge >= 0.3 is 0 Å². The Morgan fingerprint density at radius 2 is 2.10 bits per heavy atom. The van der Waals surface area contributed by atoms with E-state index in [2.05, 4.69) is 10.2 Å². The van der Waals surface area contributed by atoms with Crippen LogP contribution in [0.3, 0.4) is 0 Å². The van der Waals surface area contributed by atoms with Crippen LogP contribution in [0, 0.1) is 6.92 Å². The van der Waals surface area contributed by atoms with E-state index in [0.717, 1.165) is 24.4 Å². The van der Waals surface area contributed by atoms with Crippen LogP contribution in [0.2, 0.25) is 0 Å². The molecule has 0 saturated carbocycles. The molecule has 1 atom stereocenters. The summed E-state index contributed by atoms with van der Waals surface area (Å²) in [4.78, 5) is 2.47. The van der Waals surface area contributed by atoms with Gasteiger partial charge in [-0.1, -0.05) is 18.2 Å². The molecule has 0 aromatic heterocycles. The van der Waals surface area contributed by atoms with E-state index in [9.17, 15) is 5.11 Å². The van der Waals surface area contributed by atoms with Gasteiger partial charge in [-0.25, -0.2) is 0 Å². The third kappa shape index (κ3) is 6.26. The summed E-state index contributed by atoms with van der Waals surface area (Å²) >= 11 is 2.03. The Labute approximate surface area is 131 Å². The van der Waals surface area contributed by atoms with Crippen LogP contribution in [-0.4, -0.2) is 66.9 Å². The van der Waals surface area contributed by atoms with Crippen LogP contribution in [0.4, 0.5) is 0 Å². The highest BCUT2D eigenvalue weighted by atomic mass is 32.2. The van der Waals surface area contributed by atoms with Gasteiger partial charge in [-0.3, -0.25) is 0 Å². The fourth-order valence-corrected chi connectivity index (χ4v) is 3.27. The maximum atomic E-state index is 9.93. The maximum Gasteiger partial charge on any atom is 0.122 e. The van der Waals surface area contributed by atoms with E-state index in [1.54, 1.807) is 0 Å². The van der Waals surface area contributed by atoms with Crippen LogP contribution in [0.25, 0.3) is 0 Å². The number of hydrogen-bond acceptors (Lipinski definition) is 5. The number of rotatable bonds is 8. The second-order valence-electron chi connectivity index (χ2n) is 5.39.